The summed E-state index contributed by atoms with van der Waals surface area (Å²) in [5, 5.41) is 4.07. The molecule has 3 nitrogen and oxygen atoms in total. The number of carbonyl (C=O) groups excluding carboxylic acids is 1. The Morgan fingerprint density at radius 1 is 1.18 bits per heavy atom. The Balaban J connectivity index is 1.65. The van der Waals surface area contributed by atoms with Crippen LogP contribution in [0.5, 0.6) is 0 Å². The summed E-state index contributed by atoms with van der Waals surface area (Å²) >= 11 is 5.90. The van der Waals surface area contributed by atoms with Gasteiger partial charge in [-0.3, -0.25) is 4.79 Å². The number of hydrogen-bond acceptors (Lipinski definition) is 2. The second-order valence-corrected chi connectivity index (χ2v) is 5.33. The summed E-state index contributed by atoms with van der Waals surface area (Å²) in [7, 11) is 0. The van der Waals surface area contributed by atoms with Gasteiger partial charge in [-0.25, -0.2) is 4.39 Å². The lowest BCUT2D eigenvalue weighted by atomic mass is 10.1. The van der Waals surface area contributed by atoms with Crippen LogP contribution >= 0.6 is 11.6 Å². The number of nitrogens with one attached hydrogen (secondary N) is 1. The van der Waals surface area contributed by atoms with Crippen LogP contribution in [0.3, 0.4) is 0 Å². The zero-order valence-corrected chi connectivity index (χ0v) is 12.4. The molecule has 0 bridgehead atoms. The van der Waals surface area contributed by atoms with Gasteiger partial charge in [-0.15, -0.1) is 0 Å². The number of fused-ring (bicyclic) bond motifs is 1. The minimum absolute atomic E-state index is 0.214. The van der Waals surface area contributed by atoms with Crippen molar-refractivity contribution in [2.24, 2.45) is 0 Å². The van der Waals surface area contributed by atoms with Crippen LogP contribution in [-0.4, -0.2) is 12.5 Å². The summed E-state index contributed by atoms with van der Waals surface area (Å²) in [5.74, 6) is -0.385. The first kappa shape index (κ1) is 14.6. The molecule has 3 aromatic rings. The van der Waals surface area contributed by atoms with Gasteiger partial charge in [-0.1, -0.05) is 29.8 Å². The van der Waals surface area contributed by atoms with Gasteiger partial charge in [0, 0.05) is 17.0 Å². The molecule has 2 aromatic carbocycles. The Bertz CT molecular complexity index is 828. The minimum Gasteiger partial charge on any atom is -0.451 e. The number of amides is 1. The maximum absolute atomic E-state index is 13.5. The second-order valence-electron chi connectivity index (χ2n) is 4.89. The van der Waals surface area contributed by atoms with E-state index in [0.29, 0.717) is 29.1 Å². The number of furan rings is 1. The van der Waals surface area contributed by atoms with Gasteiger partial charge < -0.3 is 9.73 Å². The van der Waals surface area contributed by atoms with E-state index in [1.165, 1.54) is 6.07 Å². The molecule has 0 saturated carbocycles. The Morgan fingerprint density at radius 3 is 2.82 bits per heavy atom. The van der Waals surface area contributed by atoms with Crippen molar-refractivity contribution >= 4 is 28.5 Å². The molecule has 1 amide bonds. The van der Waals surface area contributed by atoms with Crippen LogP contribution in [0.1, 0.15) is 16.1 Å². The molecule has 0 unspecified atom stereocenters. The normalized spacial score (nSPS) is 10.8. The topological polar surface area (TPSA) is 42.2 Å². The van der Waals surface area contributed by atoms with E-state index in [1.807, 2.05) is 0 Å². The highest BCUT2D eigenvalue weighted by Gasteiger charge is 2.12. The molecule has 1 aromatic heterocycles. The summed E-state index contributed by atoms with van der Waals surface area (Å²) in [6.45, 7) is 0.331. The first-order valence-electron chi connectivity index (χ1n) is 6.84. The molecule has 0 saturated heterocycles. The largest absolute Gasteiger partial charge is 0.451 e. The molecule has 0 spiro atoms. The molecular formula is C17H13ClFNO2. The van der Waals surface area contributed by atoms with Gasteiger partial charge in [0.05, 0.1) is 0 Å². The van der Waals surface area contributed by atoms with E-state index in [0.717, 1.165) is 5.39 Å². The summed E-state index contributed by atoms with van der Waals surface area (Å²) in [6.07, 6.45) is 0.421. The highest BCUT2D eigenvalue weighted by atomic mass is 35.5. The lowest BCUT2D eigenvalue weighted by Crippen LogP contribution is -2.25. The fraction of sp³-hybridized carbons (Fsp3) is 0.118. The molecule has 112 valence electrons. The van der Waals surface area contributed by atoms with E-state index in [9.17, 15) is 9.18 Å². The highest BCUT2D eigenvalue weighted by Crippen LogP contribution is 2.22. The number of hydrogen-bond donors (Lipinski definition) is 1. The minimum atomic E-state index is -0.330. The van der Waals surface area contributed by atoms with Crippen LogP contribution in [-0.2, 0) is 6.42 Å². The number of rotatable bonds is 4. The molecule has 0 atom stereocenters. The van der Waals surface area contributed by atoms with Gasteiger partial charge in [-0.2, -0.15) is 0 Å². The highest BCUT2D eigenvalue weighted by molar-refractivity contribution is 6.31. The first-order chi connectivity index (χ1) is 10.6. The van der Waals surface area contributed by atoms with E-state index in [4.69, 9.17) is 16.0 Å². The van der Waals surface area contributed by atoms with Crippen molar-refractivity contribution in [2.75, 3.05) is 6.54 Å². The number of benzene rings is 2. The van der Waals surface area contributed by atoms with Gasteiger partial charge in [0.2, 0.25) is 0 Å². The summed E-state index contributed by atoms with van der Waals surface area (Å²) in [6, 6.07) is 13.3. The average Bonchev–Trinajstić information content (AvgIpc) is 2.92. The third-order valence-corrected chi connectivity index (χ3v) is 3.57. The van der Waals surface area contributed by atoms with Gasteiger partial charge >= 0.3 is 0 Å². The van der Waals surface area contributed by atoms with Crippen molar-refractivity contribution in [1.82, 2.24) is 5.32 Å². The Morgan fingerprint density at radius 2 is 2.00 bits per heavy atom. The van der Waals surface area contributed by atoms with Crippen molar-refractivity contribution in [3.8, 4) is 0 Å². The van der Waals surface area contributed by atoms with E-state index in [-0.39, 0.29) is 17.5 Å². The van der Waals surface area contributed by atoms with Crippen LogP contribution in [0.25, 0.3) is 11.0 Å². The smallest absolute Gasteiger partial charge is 0.287 e. The first-order valence-corrected chi connectivity index (χ1v) is 7.22. The molecule has 0 radical (unpaired) electrons. The Hall–Kier alpha value is -2.33. The predicted octanol–water partition coefficient (Wildman–Crippen LogP) is 4.20. The van der Waals surface area contributed by atoms with Crippen LogP contribution < -0.4 is 5.32 Å². The Kier molecular flexibility index (Phi) is 4.11. The maximum Gasteiger partial charge on any atom is 0.287 e. The molecule has 3 rings (SSSR count). The van der Waals surface area contributed by atoms with Crippen molar-refractivity contribution in [1.29, 1.82) is 0 Å². The molecule has 1 heterocycles. The van der Waals surface area contributed by atoms with Gasteiger partial charge in [0.1, 0.15) is 11.4 Å². The molecule has 22 heavy (non-hydrogen) atoms. The zero-order chi connectivity index (χ0) is 15.5. The standard InChI is InChI=1S/C17H13ClFNO2/c18-13-5-6-15-12(9-13)10-16(22-15)17(21)20-8-7-11-3-1-2-4-14(11)19/h1-6,9-10H,7-8H2,(H,20,21). The van der Waals surface area contributed by atoms with Crippen molar-refractivity contribution in [3.63, 3.8) is 0 Å². The monoisotopic (exact) mass is 317 g/mol. The predicted molar refractivity (Wildman–Crippen MR) is 83.7 cm³/mol. The Labute approximate surface area is 131 Å². The van der Waals surface area contributed by atoms with Gasteiger partial charge in [0.15, 0.2) is 5.76 Å². The van der Waals surface area contributed by atoms with E-state index in [2.05, 4.69) is 5.32 Å². The zero-order valence-electron chi connectivity index (χ0n) is 11.6. The lowest BCUT2D eigenvalue weighted by Gasteiger charge is -2.04. The fourth-order valence-electron chi connectivity index (χ4n) is 2.23. The van der Waals surface area contributed by atoms with Crippen molar-refractivity contribution < 1.29 is 13.6 Å². The van der Waals surface area contributed by atoms with Crippen LogP contribution in [0.4, 0.5) is 4.39 Å². The quantitative estimate of drug-likeness (QED) is 0.783. The molecule has 0 fully saturated rings. The summed E-state index contributed by atoms with van der Waals surface area (Å²) < 4.78 is 18.9. The van der Waals surface area contributed by atoms with Crippen LogP contribution in [0, 0.1) is 5.82 Å². The van der Waals surface area contributed by atoms with Gasteiger partial charge in [-0.05, 0) is 42.3 Å². The SMILES string of the molecule is O=C(NCCc1ccccc1F)c1cc2cc(Cl)ccc2o1. The molecule has 1 N–H and O–H groups in total. The molecule has 0 aliphatic carbocycles. The molecule has 0 aliphatic heterocycles. The van der Waals surface area contributed by atoms with Crippen LogP contribution in [0.2, 0.25) is 5.02 Å². The molecule has 5 heteroatoms. The van der Waals surface area contributed by atoms with E-state index in [1.54, 1.807) is 42.5 Å². The average molecular weight is 318 g/mol. The van der Waals surface area contributed by atoms with E-state index >= 15 is 0 Å². The third kappa shape index (κ3) is 3.12. The fourth-order valence-corrected chi connectivity index (χ4v) is 2.41. The summed E-state index contributed by atoms with van der Waals surface area (Å²) in [4.78, 5) is 12.0. The van der Waals surface area contributed by atoms with E-state index < -0.39 is 0 Å². The number of carbonyl (C=O) groups is 1. The molecule has 0 aliphatic rings. The third-order valence-electron chi connectivity index (χ3n) is 3.34. The second kappa shape index (κ2) is 6.20. The van der Waals surface area contributed by atoms with Gasteiger partial charge in [0.25, 0.3) is 5.91 Å². The van der Waals surface area contributed by atoms with Crippen molar-refractivity contribution in [2.45, 2.75) is 6.42 Å². The van der Waals surface area contributed by atoms with Crippen LogP contribution in [0.15, 0.2) is 52.9 Å². The lowest BCUT2D eigenvalue weighted by molar-refractivity contribution is 0.0928. The molecular weight excluding hydrogens is 305 g/mol. The summed E-state index contributed by atoms with van der Waals surface area (Å²) in [5.41, 5.74) is 1.17. The number of halogens is 2. The van der Waals surface area contributed by atoms with Crippen molar-refractivity contribution in [3.05, 3.63) is 70.7 Å². The maximum atomic E-state index is 13.5.